The molecule has 2 aromatic carbocycles. The molecule has 2 N–H and O–H groups in total. The molecule has 116 valence electrons. The lowest BCUT2D eigenvalue weighted by molar-refractivity contribution is 0.0439. The zero-order chi connectivity index (χ0) is 16.2. The fraction of sp³-hybridized carbons (Fsp3) is 0.0625. The van der Waals surface area contributed by atoms with Crippen molar-refractivity contribution in [3.05, 3.63) is 65.0 Å². The molecule has 1 aromatic heterocycles. The van der Waals surface area contributed by atoms with E-state index in [9.17, 15) is 4.79 Å². The maximum Gasteiger partial charge on any atom is 0.338 e. The minimum absolute atomic E-state index is 0.124. The lowest BCUT2D eigenvalue weighted by Crippen LogP contribution is -2.06. The number of carbonyl (C=O) groups excluding carboxylic acids is 1. The minimum Gasteiger partial charge on any atom is -0.452 e. The van der Waals surface area contributed by atoms with Crippen molar-refractivity contribution in [3.63, 3.8) is 0 Å². The van der Waals surface area contributed by atoms with Crippen molar-refractivity contribution in [3.8, 4) is 11.5 Å². The molecule has 6 nitrogen and oxygen atoms in total. The number of anilines is 1. The van der Waals surface area contributed by atoms with E-state index in [2.05, 4.69) is 10.2 Å². The van der Waals surface area contributed by atoms with E-state index in [1.54, 1.807) is 0 Å². The van der Waals surface area contributed by atoms with Gasteiger partial charge in [-0.25, -0.2) is 4.79 Å². The third-order valence-corrected chi connectivity index (χ3v) is 3.39. The second kappa shape index (κ2) is 6.50. The summed E-state index contributed by atoms with van der Waals surface area (Å²) in [5.41, 5.74) is 7.06. The molecule has 0 aliphatic heterocycles. The topological polar surface area (TPSA) is 91.2 Å². The zero-order valence-corrected chi connectivity index (χ0v) is 12.7. The monoisotopic (exact) mass is 329 g/mol. The highest BCUT2D eigenvalue weighted by Crippen LogP contribution is 2.21. The van der Waals surface area contributed by atoms with Crippen molar-refractivity contribution < 1.29 is 13.9 Å². The second-order valence-electron chi connectivity index (χ2n) is 4.68. The number of esters is 1. The normalized spacial score (nSPS) is 10.5. The van der Waals surface area contributed by atoms with Crippen LogP contribution in [0.25, 0.3) is 11.5 Å². The van der Waals surface area contributed by atoms with Crippen molar-refractivity contribution in [1.29, 1.82) is 0 Å². The number of ether oxygens (including phenoxy) is 1. The van der Waals surface area contributed by atoms with Gasteiger partial charge in [-0.1, -0.05) is 29.8 Å². The average molecular weight is 330 g/mol. The third kappa shape index (κ3) is 3.49. The maximum atomic E-state index is 11.9. The van der Waals surface area contributed by atoms with Crippen LogP contribution in [0.5, 0.6) is 0 Å². The molecule has 1 heterocycles. The first-order valence-corrected chi connectivity index (χ1v) is 7.11. The molecule has 0 bridgehead atoms. The maximum absolute atomic E-state index is 11.9. The Balaban J connectivity index is 1.65. The molecule has 23 heavy (non-hydrogen) atoms. The molecular formula is C16H12ClN3O3. The van der Waals surface area contributed by atoms with E-state index in [0.717, 1.165) is 5.56 Å². The molecule has 0 saturated heterocycles. The van der Waals surface area contributed by atoms with Gasteiger partial charge in [0.1, 0.15) is 0 Å². The molecule has 0 saturated carbocycles. The summed E-state index contributed by atoms with van der Waals surface area (Å²) < 4.78 is 10.6. The van der Waals surface area contributed by atoms with E-state index in [4.69, 9.17) is 26.5 Å². The molecule has 3 aromatic rings. The van der Waals surface area contributed by atoms with Crippen molar-refractivity contribution in [2.45, 2.75) is 6.61 Å². The summed E-state index contributed by atoms with van der Waals surface area (Å²) in [6, 6.07) is 13.8. The van der Waals surface area contributed by atoms with E-state index in [1.807, 2.05) is 30.3 Å². The largest absolute Gasteiger partial charge is 0.452 e. The van der Waals surface area contributed by atoms with Crippen LogP contribution >= 0.6 is 11.6 Å². The Hall–Kier alpha value is -2.86. The van der Waals surface area contributed by atoms with E-state index in [0.29, 0.717) is 22.2 Å². The summed E-state index contributed by atoms with van der Waals surface area (Å²) in [5.74, 6) is 0.0272. The lowest BCUT2D eigenvalue weighted by atomic mass is 10.2. The number of hydrogen-bond donors (Lipinski definition) is 1. The van der Waals surface area contributed by atoms with Gasteiger partial charge in [-0.15, -0.1) is 10.2 Å². The van der Waals surface area contributed by atoms with E-state index in [-0.39, 0.29) is 12.5 Å². The second-order valence-corrected chi connectivity index (χ2v) is 5.09. The Kier molecular flexibility index (Phi) is 4.25. The summed E-state index contributed by atoms with van der Waals surface area (Å²) in [6.07, 6.45) is 0. The summed E-state index contributed by atoms with van der Waals surface area (Å²) in [5, 5.41) is 8.15. The molecular weight excluding hydrogens is 318 g/mol. The molecule has 3 rings (SSSR count). The van der Waals surface area contributed by atoms with Gasteiger partial charge in [0.25, 0.3) is 5.89 Å². The molecule has 0 fully saturated rings. The Morgan fingerprint density at radius 2 is 1.96 bits per heavy atom. The Bertz CT molecular complexity index is 834. The van der Waals surface area contributed by atoms with E-state index < -0.39 is 5.97 Å². The molecule has 0 unspecified atom stereocenters. The Morgan fingerprint density at radius 3 is 2.70 bits per heavy atom. The van der Waals surface area contributed by atoms with Crippen LogP contribution in [0.1, 0.15) is 16.2 Å². The SMILES string of the molecule is Nc1cc(C(=O)OCc2nnc(-c3ccccc3)o2)ccc1Cl. The van der Waals surface area contributed by atoms with Crippen molar-refractivity contribution in [2.75, 3.05) is 5.73 Å². The third-order valence-electron chi connectivity index (χ3n) is 3.05. The summed E-state index contributed by atoms with van der Waals surface area (Å²) in [4.78, 5) is 11.9. The number of nitrogens with zero attached hydrogens (tertiary/aromatic N) is 2. The highest BCUT2D eigenvalue weighted by atomic mass is 35.5. The summed E-state index contributed by atoms with van der Waals surface area (Å²) >= 11 is 5.81. The van der Waals surface area contributed by atoms with Crippen molar-refractivity contribution in [2.24, 2.45) is 0 Å². The fourth-order valence-corrected chi connectivity index (χ4v) is 2.01. The number of halogens is 1. The number of aromatic nitrogens is 2. The summed E-state index contributed by atoms with van der Waals surface area (Å²) in [7, 11) is 0. The highest BCUT2D eigenvalue weighted by Gasteiger charge is 2.13. The van der Waals surface area contributed by atoms with Crippen LogP contribution < -0.4 is 5.73 Å². The molecule has 0 aliphatic rings. The first-order chi connectivity index (χ1) is 11.1. The van der Waals surface area contributed by atoms with Crippen LogP contribution in [-0.2, 0) is 11.3 Å². The zero-order valence-electron chi connectivity index (χ0n) is 11.9. The smallest absolute Gasteiger partial charge is 0.338 e. The van der Waals surface area contributed by atoms with Crippen LogP contribution in [0.2, 0.25) is 5.02 Å². The Labute approximate surface area is 136 Å². The summed E-state index contributed by atoms with van der Waals surface area (Å²) in [6.45, 7) is -0.124. The molecule has 0 spiro atoms. The van der Waals surface area contributed by atoms with Gasteiger partial charge in [0.05, 0.1) is 16.3 Å². The number of nitrogens with two attached hydrogens (primary N) is 1. The number of hydrogen-bond acceptors (Lipinski definition) is 6. The predicted molar refractivity (Wildman–Crippen MR) is 84.7 cm³/mol. The number of nitrogen functional groups attached to an aromatic ring is 1. The van der Waals surface area contributed by atoms with Crippen molar-refractivity contribution >= 4 is 23.3 Å². The van der Waals surface area contributed by atoms with E-state index >= 15 is 0 Å². The fourth-order valence-electron chi connectivity index (χ4n) is 1.89. The first-order valence-electron chi connectivity index (χ1n) is 6.73. The first kappa shape index (κ1) is 15.1. The van der Waals surface area contributed by atoms with Gasteiger partial charge >= 0.3 is 5.97 Å². The van der Waals surface area contributed by atoms with Gasteiger partial charge in [0.2, 0.25) is 5.89 Å². The van der Waals surface area contributed by atoms with Crippen LogP contribution in [0.15, 0.2) is 52.9 Å². The number of carbonyl (C=O) groups is 1. The van der Waals surface area contributed by atoms with Crippen LogP contribution in [0.4, 0.5) is 5.69 Å². The number of benzene rings is 2. The average Bonchev–Trinajstić information content (AvgIpc) is 3.05. The Morgan fingerprint density at radius 1 is 1.17 bits per heavy atom. The van der Waals surface area contributed by atoms with Gasteiger partial charge < -0.3 is 14.9 Å². The van der Waals surface area contributed by atoms with Crippen LogP contribution in [-0.4, -0.2) is 16.2 Å². The van der Waals surface area contributed by atoms with Gasteiger partial charge in [-0.3, -0.25) is 0 Å². The van der Waals surface area contributed by atoms with Crippen molar-refractivity contribution in [1.82, 2.24) is 10.2 Å². The quantitative estimate of drug-likeness (QED) is 0.583. The standard InChI is InChI=1S/C16H12ClN3O3/c17-12-7-6-11(8-13(12)18)16(21)22-9-14-19-20-15(23-14)10-4-2-1-3-5-10/h1-8H,9,18H2. The highest BCUT2D eigenvalue weighted by molar-refractivity contribution is 6.33. The predicted octanol–water partition coefficient (Wildman–Crippen LogP) is 3.33. The van der Waals surface area contributed by atoms with Gasteiger partial charge in [0, 0.05) is 5.56 Å². The lowest BCUT2D eigenvalue weighted by Gasteiger charge is -2.04. The van der Waals surface area contributed by atoms with Crippen LogP contribution in [0.3, 0.4) is 0 Å². The molecule has 0 radical (unpaired) electrons. The van der Waals surface area contributed by atoms with E-state index in [1.165, 1.54) is 18.2 Å². The van der Waals surface area contributed by atoms with Crippen LogP contribution in [0, 0.1) is 0 Å². The number of rotatable bonds is 4. The molecule has 0 amide bonds. The van der Waals surface area contributed by atoms with Gasteiger partial charge in [0.15, 0.2) is 6.61 Å². The molecule has 7 heteroatoms. The van der Waals surface area contributed by atoms with Gasteiger partial charge in [-0.2, -0.15) is 0 Å². The molecule has 0 aliphatic carbocycles. The van der Waals surface area contributed by atoms with Gasteiger partial charge in [-0.05, 0) is 30.3 Å². The minimum atomic E-state index is -0.548. The molecule has 0 atom stereocenters.